The lowest BCUT2D eigenvalue weighted by Crippen LogP contribution is -2.14. The molecular formula is C16H15ClFNO. The Morgan fingerprint density at radius 3 is 3.00 bits per heavy atom. The second-order valence-corrected chi connectivity index (χ2v) is 5.40. The standard InChI is InChI=1S/C16H15ClFNO/c17-13-3-1-2-12(16(13)18)9-14(19)10-4-5-15-11(8-10)6-7-20-15/h1-5,8,14H,6-7,9,19H2. The molecule has 0 fully saturated rings. The van der Waals surface area contributed by atoms with Crippen molar-refractivity contribution in [1.82, 2.24) is 0 Å². The highest BCUT2D eigenvalue weighted by Crippen LogP contribution is 2.29. The van der Waals surface area contributed by atoms with Crippen molar-refractivity contribution in [3.63, 3.8) is 0 Å². The highest BCUT2D eigenvalue weighted by molar-refractivity contribution is 6.30. The molecule has 1 heterocycles. The fourth-order valence-corrected chi connectivity index (χ4v) is 2.69. The zero-order chi connectivity index (χ0) is 14.1. The van der Waals surface area contributed by atoms with E-state index < -0.39 is 0 Å². The predicted molar refractivity (Wildman–Crippen MR) is 77.7 cm³/mol. The van der Waals surface area contributed by atoms with Crippen molar-refractivity contribution in [3.05, 3.63) is 63.9 Å². The lowest BCUT2D eigenvalue weighted by atomic mass is 9.97. The Hall–Kier alpha value is -1.58. The highest BCUT2D eigenvalue weighted by atomic mass is 35.5. The van der Waals surface area contributed by atoms with Crippen LogP contribution in [0, 0.1) is 5.82 Å². The Labute approximate surface area is 122 Å². The molecule has 1 aliphatic heterocycles. The van der Waals surface area contributed by atoms with Crippen molar-refractivity contribution in [3.8, 4) is 5.75 Å². The van der Waals surface area contributed by atoms with E-state index in [1.807, 2.05) is 12.1 Å². The number of halogens is 2. The van der Waals surface area contributed by atoms with E-state index >= 15 is 0 Å². The second kappa shape index (κ2) is 5.43. The van der Waals surface area contributed by atoms with Crippen LogP contribution in [0.3, 0.4) is 0 Å². The summed E-state index contributed by atoms with van der Waals surface area (Å²) in [7, 11) is 0. The average Bonchev–Trinajstić information content (AvgIpc) is 2.91. The summed E-state index contributed by atoms with van der Waals surface area (Å²) in [5.74, 6) is 0.545. The summed E-state index contributed by atoms with van der Waals surface area (Å²) < 4.78 is 19.4. The molecule has 0 amide bonds. The van der Waals surface area contributed by atoms with Crippen LogP contribution in [0.5, 0.6) is 5.75 Å². The lowest BCUT2D eigenvalue weighted by molar-refractivity contribution is 0.357. The maximum Gasteiger partial charge on any atom is 0.145 e. The number of hydrogen-bond acceptors (Lipinski definition) is 2. The summed E-state index contributed by atoms with van der Waals surface area (Å²) in [5.41, 5.74) is 8.90. The molecule has 2 aromatic carbocycles. The number of fused-ring (bicyclic) bond motifs is 1. The van der Waals surface area contributed by atoms with Gasteiger partial charge in [0.25, 0.3) is 0 Å². The predicted octanol–water partition coefficient (Wildman–Crippen LogP) is 3.66. The molecule has 4 heteroatoms. The number of ether oxygens (including phenoxy) is 1. The maximum absolute atomic E-state index is 13.9. The molecule has 0 aliphatic carbocycles. The third-order valence-electron chi connectivity index (χ3n) is 3.61. The van der Waals surface area contributed by atoms with Crippen molar-refractivity contribution in [2.75, 3.05) is 6.61 Å². The summed E-state index contributed by atoms with van der Waals surface area (Å²) in [6, 6.07) is 10.7. The van der Waals surface area contributed by atoms with Crippen LogP contribution in [0.15, 0.2) is 36.4 Å². The van der Waals surface area contributed by atoms with Crippen molar-refractivity contribution < 1.29 is 9.13 Å². The van der Waals surface area contributed by atoms with Crippen molar-refractivity contribution in [1.29, 1.82) is 0 Å². The molecule has 0 saturated heterocycles. The maximum atomic E-state index is 13.9. The third kappa shape index (κ3) is 2.51. The smallest absolute Gasteiger partial charge is 0.145 e. The van der Waals surface area contributed by atoms with Crippen LogP contribution in [-0.4, -0.2) is 6.61 Å². The monoisotopic (exact) mass is 291 g/mol. The van der Waals surface area contributed by atoms with E-state index in [2.05, 4.69) is 6.07 Å². The zero-order valence-corrected chi connectivity index (χ0v) is 11.7. The number of rotatable bonds is 3. The molecule has 0 spiro atoms. The van der Waals surface area contributed by atoms with E-state index in [0.717, 1.165) is 24.3 Å². The van der Waals surface area contributed by atoms with Gasteiger partial charge >= 0.3 is 0 Å². The van der Waals surface area contributed by atoms with Gasteiger partial charge in [-0.05, 0) is 35.2 Å². The SMILES string of the molecule is NC(Cc1cccc(Cl)c1F)c1ccc2c(c1)CCO2. The van der Waals surface area contributed by atoms with Crippen LogP contribution in [0.4, 0.5) is 4.39 Å². The van der Waals surface area contributed by atoms with Gasteiger partial charge in [-0.15, -0.1) is 0 Å². The second-order valence-electron chi connectivity index (χ2n) is 4.99. The van der Waals surface area contributed by atoms with Gasteiger partial charge in [-0.25, -0.2) is 4.39 Å². The first kappa shape index (κ1) is 13.4. The fourth-order valence-electron chi connectivity index (χ4n) is 2.50. The van der Waals surface area contributed by atoms with Crippen LogP contribution in [0.1, 0.15) is 22.7 Å². The number of nitrogens with two attached hydrogens (primary N) is 1. The first-order valence-corrected chi connectivity index (χ1v) is 6.97. The highest BCUT2D eigenvalue weighted by Gasteiger charge is 2.16. The molecule has 1 atom stereocenters. The summed E-state index contributed by atoms with van der Waals surface area (Å²) in [5, 5.41) is 0.136. The molecule has 0 aromatic heterocycles. The van der Waals surface area contributed by atoms with E-state index in [1.54, 1.807) is 18.2 Å². The molecule has 2 aromatic rings. The Balaban J connectivity index is 1.82. The summed E-state index contributed by atoms with van der Waals surface area (Å²) in [6.07, 6.45) is 1.33. The van der Waals surface area contributed by atoms with Crippen LogP contribution in [0.25, 0.3) is 0 Å². The van der Waals surface area contributed by atoms with Gasteiger partial charge in [0.05, 0.1) is 11.6 Å². The van der Waals surface area contributed by atoms with E-state index in [9.17, 15) is 4.39 Å². The minimum atomic E-state index is -0.380. The number of hydrogen-bond donors (Lipinski definition) is 1. The molecule has 0 bridgehead atoms. The molecule has 104 valence electrons. The summed E-state index contributed by atoms with van der Waals surface area (Å²) >= 11 is 5.79. The Kier molecular flexibility index (Phi) is 3.64. The van der Waals surface area contributed by atoms with E-state index in [-0.39, 0.29) is 16.9 Å². The van der Waals surface area contributed by atoms with Crippen molar-refractivity contribution >= 4 is 11.6 Å². The van der Waals surface area contributed by atoms with Gasteiger partial charge in [0.15, 0.2) is 0 Å². The normalized spacial score (nSPS) is 14.8. The van der Waals surface area contributed by atoms with E-state index in [1.165, 1.54) is 5.56 Å². The molecule has 0 saturated carbocycles. The Morgan fingerprint density at radius 1 is 1.30 bits per heavy atom. The van der Waals surface area contributed by atoms with E-state index in [4.69, 9.17) is 22.1 Å². The topological polar surface area (TPSA) is 35.2 Å². The molecule has 3 rings (SSSR count). The minimum absolute atomic E-state index is 0.136. The molecule has 2 N–H and O–H groups in total. The minimum Gasteiger partial charge on any atom is -0.493 e. The molecular weight excluding hydrogens is 277 g/mol. The van der Waals surface area contributed by atoms with Crippen LogP contribution >= 0.6 is 11.6 Å². The van der Waals surface area contributed by atoms with Crippen molar-refractivity contribution in [2.24, 2.45) is 5.73 Å². The first-order chi connectivity index (χ1) is 9.65. The molecule has 20 heavy (non-hydrogen) atoms. The average molecular weight is 292 g/mol. The van der Waals surface area contributed by atoms with Crippen LogP contribution in [0.2, 0.25) is 5.02 Å². The third-order valence-corrected chi connectivity index (χ3v) is 3.90. The Morgan fingerprint density at radius 2 is 2.15 bits per heavy atom. The van der Waals surface area contributed by atoms with Gasteiger partial charge < -0.3 is 10.5 Å². The summed E-state index contributed by atoms with van der Waals surface area (Å²) in [6.45, 7) is 0.719. The molecule has 2 nitrogen and oxygen atoms in total. The van der Waals surface area contributed by atoms with Gasteiger partial charge in [-0.3, -0.25) is 0 Å². The van der Waals surface area contributed by atoms with Gasteiger partial charge in [-0.1, -0.05) is 35.9 Å². The Bertz CT molecular complexity index is 644. The quantitative estimate of drug-likeness (QED) is 0.937. The van der Waals surface area contributed by atoms with Crippen molar-refractivity contribution in [2.45, 2.75) is 18.9 Å². The van der Waals surface area contributed by atoms with Crippen LogP contribution in [-0.2, 0) is 12.8 Å². The molecule has 1 aliphatic rings. The van der Waals surface area contributed by atoms with Gasteiger partial charge in [0.1, 0.15) is 11.6 Å². The lowest BCUT2D eigenvalue weighted by Gasteiger charge is -2.14. The van der Waals surface area contributed by atoms with Crippen LogP contribution < -0.4 is 10.5 Å². The summed E-state index contributed by atoms with van der Waals surface area (Å²) in [4.78, 5) is 0. The van der Waals surface area contributed by atoms with Gasteiger partial charge in [0, 0.05) is 12.5 Å². The zero-order valence-electron chi connectivity index (χ0n) is 10.9. The molecule has 0 radical (unpaired) electrons. The largest absolute Gasteiger partial charge is 0.493 e. The number of benzene rings is 2. The van der Waals surface area contributed by atoms with E-state index in [0.29, 0.717) is 12.0 Å². The first-order valence-electron chi connectivity index (χ1n) is 6.59. The van der Waals surface area contributed by atoms with Gasteiger partial charge in [0.2, 0.25) is 0 Å². The fraction of sp³-hybridized carbons (Fsp3) is 0.250. The molecule has 1 unspecified atom stereocenters. The van der Waals surface area contributed by atoms with Gasteiger partial charge in [-0.2, -0.15) is 0 Å².